The summed E-state index contributed by atoms with van der Waals surface area (Å²) in [5, 5.41) is 0. The average molecular weight is 324 g/mol. The van der Waals surface area contributed by atoms with Gasteiger partial charge >= 0.3 is 0 Å². The first kappa shape index (κ1) is 14.4. The van der Waals surface area contributed by atoms with Crippen LogP contribution in [0.5, 0.6) is 0 Å². The number of hydrogen-bond donors (Lipinski definition) is 0. The number of halogens is 2. The molecule has 0 N–H and O–H groups in total. The first-order valence-electron chi connectivity index (χ1n) is 5.39. The molecule has 0 aromatic rings. The Morgan fingerprint density at radius 2 is 1.21 bits per heavy atom. The van der Waals surface area contributed by atoms with E-state index in [1.165, 1.54) is 49.7 Å². The van der Waals surface area contributed by atoms with E-state index in [0.29, 0.717) is 0 Å². The lowest BCUT2D eigenvalue weighted by Gasteiger charge is -2.09. The van der Waals surface area contributed by atoms with Gasteiger partial charge in [-0.1, -0.05) is 58.5 Å². The molecule has 0 spiro atoms. The Bertz CT molecular complexity index is 170. The topological polar surface area (TPSA) is 0 Å². The molecule has 0 aliphatic carbocycles. The van der Waals surface area contributed by atoms with E-state index in [-0.39, 0.29) is 0 Å². The van der Waals surface area contributed by atoms with Crippen molar-refractivity contribution in [1.82, 2.24) is 0 Å². The van der Waals surface area contributed by atoms with Crippen molar-refractivity contribution in [3.8, 4) is 0 Å². The van der Waals surface area contributed by atoms with Crippen molar-refractivity contribution in [2.24, 2.45) is 0 Å². The first-order valence-corrected chi connectivity index (χ1v) is 7.22. The van der Waals surface area contributed by atoms with Crippen LogP contribution in [-0.4, -0.2) is 0 Å². The highest BCUT2D eigenvalue weighted by atomic mass is 79.9. The number of rotatable bonds is 7. The molecule has 0 fully saturated rings. The summed E-state index contributed by atoms with van der Waals surface area (Å²) in [6.07, 6.45) is 7.43. The van der Waals surface area contributed by atoms with E-state index in [1.807, 2.05) is 0 Å². The molecule has 0 rings (SSSR count). The van der Waals surface area contributed by atoms with E-state index >= 15 is 0 Å². The molecule has 0 nitrogen and oxygen atoms in total. The van der Waals surface area contributed by atoms with E-state index in [4.69, 9.17) is 0 Å². The van der Waals surface area contributed by atoms with Crippen molar-refractivity contribution < 1.29 is 0 Å². The van der Waals surface area contributed by atoms with Gasteiger partial charge in [0, 0.05) is 0 Å². The fourth-order valence-electron chi connectivity index (χ4n) is 1.30. The van der Waals surface area contributed by atoms with Gasteiger partial charge in [-0.15, -0.1) is 0 Å². The third-order valence-electron chi connectivity index (χ3n) is 2.28. The summed E-state index contributed by atoms with van der Waals surface area (Å²) in [5.41, 5.74) is 2.88. The molecule has 0 aromatic carbocycles. The highest BCUT2D eigenvalue weighted by Crippen LogP contribution is 2.24. The largest absolute Gasteiger partial charge is 0.0654 e. The normalized spacial score (nSPS) is 13.4. The number of unbranched alkanes of at least 4 members (excludes halogenated alkanes) is 2. The van der Waals surface area contributed by atoms with Gasteiger partial charge in [0.15, 0.2) is 0 Å². The smallest absolute Gasteiger partial charge is 0.0154 e. The molecule has 0 unspecified atom stereocenters. The van der Waals surface area contributed by atoms with Crippen molar-refractivity contribution in [2.45, 2.75) is 52.4 Å². The molecular weight excluding hydrogens is 304 g/mol. The van der Waals surface area contributed by atoms with E-state index < -0.39 is 0 Å². The van der Waals surface area contributed by atoms with Crippen molar-refractivity contribution in [2.75, 3.05) is 0 Å². The Hall–Kier alpha value is 0.440. The van der Waals surface area contributed by atoms with Crippen LogP contribution in [0.4, 0.5) is 0 Å². The van der Waals surface area contributed by atoms with Crippen LogP contribution < -0.4 is 0 Å². The Morgan fingerprint density at radius 1 is 0.857 bits per heavy atom. The third kappa shape index (κ3) is 6.02. The molecule has 0 saturated carbocycles. The fraction of sp³-hybridized carbons (Fsp3) is 0.667. The minimum atomic E-state index is 1.18. The predicted molar refractivity (Wildman–Crippen MR) is 73.1 cm³/mol. The van der Waals surface area contributed by atoms with Crippen LogP contribution in [0.1, 0.15) is 52.4 Å². The molecule has 0 radical (unpaired) electrons. The SMILES string of the molecule is CCCCC(=C/Br)/C(=C\Br)CCCC. The lowest BCUT2D eigenvalue weighted by molar-refractivity contribution is 0.755. The Kier molecular flexibility index (Phi) is 10.3. The monoisotopic (exact) mass is 322 g/mol. The van der Waals surface area contributed by atoms with Crippen LogP contribution in [0, 0.1) is 0 Å². The molecular formula is C12H20Br2. The highest BCUT2D eigenvalue weighted by Gasteiger charge is 2.03. The summed E-state index contributed by atoms with van der Waals surface area (Å²) in [5.74, 6) is 0. The standard InChI is InChI=1S/C12H20Br2/c1-3-5-7-11(9-13)12(10-14)8-6-4-2/h9-10H,3-8H2,1-2H3/b11-9-,12-10-. The predicted octanol–water partition coefficient (Wildman–Crippen LogP) is 5.92. The van der Waals surface area contributed by atoms with Gasteiger partial charge in [-0.2, -0.15) is 0 Å². The van der Waals surface area contributed by atoms with Crippen LogP contribution in [0.15, 0.2) is 21.1 Å². The van der Waals surface area contributed by atoms with Crippen LogP contribution in [0.25, 0.3) is 0 Å². The maximum atomic E-state index is 3.46. The van der Waals surface area contributed by atoms with Gasteiger partial charge in [0.05, 0.1) is 0 Å². The summed E-state index contributed by atoms with van der Waals surface area (Å²) < 4.78 is 0. The summed E-state index contributed by atoms with van der Waals surface area (Å²) in [7, 11) is 0. The Morgan fingerprint density at radius 3 is 1.43 bits per heavy atom. The molecule has 0 amide bonds. The minimum absolute atomic E-state index is 1.18. The van der Waals surface area contributed by atoms with Gasteiger partial charge < -0.3 is 0 Å². The van der Waals surface area contributed by atoms with Gasteiger partial charge in [0.2, 0.25) is 0 Å². The molecule has 0 aromatic heterocycles. The van der Waals surface area contributed by atoms with Crippen LogP contribution >= 0.6 is 31.9 Å². The first-order chi connectivity index (χ1) is 6.79. The summed E-state index contributed by atoms with van der Waals surface area (Å²) in [4.78, 5) is 4.15. The van der Waals surface area contributed by atoms with E-state index in [2.05, 4.69) is 55.7 Å². The molecule has 14 heavy (non-hydrogen) atoms. The molecule has 0 heterocycles. The number of allylic oxidation sites excluding steroid dienone is 2. The molecule has 0 saturated heterocycles. The van der Waals surface area contributed by atoms with E-state index in [0.717, 1.165) is 0 Å². The van der Waals surface area contributed by atoms with Crippen molar-refractivity contribution >= 4 is 31.9 Å². The zero-order chi connectivity index (χ0) is 10.8. The van der Waals surface area contributed by atoms with Crippen molar-refractivity contribution in [3.05, 3.63) is 21.1 Å². The molecule has 0 aliphatic heterocycles. The van der Waals surface area contributed by atoms with Crippen molar-refractivity contribution in [1.29, 1.82) is 0 Å². The zero-order valence-corrected chi connectivity index (χ0v) is 12.3. The lowest BCUT2D eigenvalue weighted by atomic mass is 9.99. The van der Waals surface area contributed by atoms with Crippen LogP contribution in [0.3, 0.4) is 0 Å². The second-order valence-corrected chi connectivity index (χ2v) is 4.39. The molecule has 2 heteroatoms. The quantitative estimate of drug-likeness (QED) is 0.510. The van der Waals surface area contributed by atoms with Gasteiger partial charge in [0.25, 0.3) is 0 Å². The average Bonchev–Trinajstić information content (AvgIpc) is 2.23. The maximum Gasteiger partial charge on any atom is -0.0154 e. The van der Waals surface area contributed by atoms with Gasteiger partial charge in [-0.3, -0.25) is 0 Å². The van der Waals surface area contributed by atoms with Gasteiger partial charge in [-0.25, -0.2) is 0 Å². The van der Waals surface area contributed by atoms with Crippen LogP contribution in [-0.2, 0) is 0 Å². The minimum Gasteiger partial charge on any atom is -0.0654 e. The summed E-state index contributed by atoms with van der Waals surface area (Å²) in [6, 6.07) is 0. The third-order valence-corrected chi connectivity index (χ3v) is 3.38. The molecule has 0 bridgehead atoms. The zero-order valence-electron chi connectivity index (χ0n) is 9.15. The van der Waals surface area contributed by atoms with Crippen LogP contribution in [0.2, 0.25) is 0 Å². The van der Waals surface area contributed by atoms with Crippen molar-refractivity contribution in [3.63, 3.8) is 0 Å². The lowest BCUT2D eigenvalue weighted by Crippen LogP contribution is -1.90. The van der Waals surface area contributed by atoms with Gasteiger partial charge in [-0.05, 0) is 46.8 Å². The van der Waals surface area contributed by atoms with Gasteiger partial charge in [0.1, 0.15) is 0 Å². The maximum absolute atomic E-state index is 3.46. The summed E-state index contributed by atoms with van der Waals surface area (Å²) in [6.45, 7) is 4.46. The second-order valence-electron chi connectivity index (χ2n) is 3.48. The molecule has 82 valence electrons. The molecule has 0 aliphatic rings. The highest BCUT2D eigenvalue weighted by molar-refractivity contribution is 9.11. The fourth-order valence-corrected chi connectivity index (χ4v) is 2.35. The Labute approximate surface area is 105 Å². The molecule has 0 atom stereocenters. The summed E-state index contributed by atoms with van der Waals surface area (Å²) >= 11 is 6.91. The Balaban J connectivity index is 4.18. The number of hydrogen-bond acceptors (Lipinski definition) is 0. The van der Waals surface area contributed by atoms with E-state index in [1.54, 1.807) is 0 Å². The second kappa shape index (κ2) is 9.97. The van der Waals surface area contributed by atoms with E-state index in [9.17, 15) is 0 Å².